The van der Waals surface area contributed by atoms with Gasteiger partial charge in [-0.05, 0) is 19.3 Å². The maximum atomic E-state index is 9.43. The third-order valence-electron chi connectivity index (χ3n) is 3.67. The molecular weight excluding hydrogens is 280 g/mol. The topological polar surface area (TPSA) is 47.9 Å². The zero-order valence-corrected chi connectivity index (χ0v) is 15.0. The molecule has 0 aromatic rings. The van der Waals surface area contributed by atoms with Crippen LogP contribution >= 0.6 is 0 Å². The van der Waals surface area contributed by atoms with E-state index in [-0.39, 0.29) is 18.8 Å². The predicted molar refractivity (Wildman–Crippen MR) is 91.3 cm³/mol. The maximum absolute atomic E-state index is 9.43. The van der Waals surface area contributed by atoms with Gasteiger partial charge in [0.2, 0.25) is 0 Å². The summed E-state index contributed by atoms with van der Waals surface area (Å²) in [5, 5.41) is 9.43. The molecule has 0 amide bonds. The minimum Gasteiger partial charge on any atom is -0.394 e. The molecule has 0 aliphatic carbocycles. The van der Waals surface area contributed by atoms with Crippen LogP contribution in [0.15, 0.2) is 0 Å². The van der Waals surface area contributed by atoms with E-state index in [0.29, 0.717) is 19.8 Å². The number of rotatable bonds is 17. The van der Waals surface area contributed by atoms with Crippen molar-refractivity contribution >= 4 is 0 Å². The van der Waals surface area contributed by atoms with Gasteiger partial charge in [0.05, 0.1) is 38.6 Å². The molecule has 0 spiro atoms. The second-order valence-electron chi connectivity index (χ2n) is 5.89. The van der Waals surface area contributed by atoms with Crippen molar-refractivity contribution < 1.29 is 19.3 Å². The molecule has 0 rings (SSSR count). The monoisotopic (exact) mass is 318 g/mol. The Labute approximate surface area is 137 Å². The van der Waals surface area contributed by atoms with Crippen LogP contribution in [0.1, 0.15) is 72.1 Å². The Balaban J connectivity index is 3.89. The van der Waals surface area contributed by atoms with Gasteiger partial charge < -0.3 is 19.3 Å². The number of ether oxygens (including phenoxy) is 3. The summed E-state index contributed by atoms with van der Waals surface area (Å²) in [4.78, 5) is 0. The zero-order chi connectivity index (χ0) is 16.5. The van der Waals surface area contributed by atoms with Crippen molar-refractivity contribution in [2.45, 2.75) is 84.3 Å². The van der Waals surface area contributed by atoms with Gasteiger partial charge in [0, 0.05) is 6.61 Å². The summed E-state index contributed by atoms with van der Waals surface area (Å²) in [6.45, 7) is 9.28. The van der Waals surface area contributed by atoms with E-state index in [0.717, 1.165) is 58.0 Å². The highest BCUT2D eigenvalue weighted by atomic mass is 16.6. The van der Waals surface area contributed by atoms with Gasteiger partial charge >= 0.3 is 0 Å². The van der Waals surface area contributed by atoms with Crippen molar-refractivity contribution in [3.05, 3.63) is 0 Å². The normalized spacial score (nSPS) is 14.2. The molecule has 0 bridgehead atoms. The number of hydrogen-bond donors (Lipinski definition) is 1. The first-order valence-electron chi connectivity index (χ1n) is 9.20. The molecule has 0 fully saturated rings. The van der Waals surface area contributed by atoms with Gasteiger partial charge in [-0.15, -0.1) is 0 Å². The molecular formula is C18H38O4. The molecule has 22 heavy (non-hydrogen) atoms. The van der Waals surface area contributed by atoms with Gasteiger partial charge in [0.15, 0.2) is 0 Å². The zero-order valence-electron chi connectivity index (χ0n) is 15.0. The van der Waals surface area contributed by atoms with E-state index in [1.807, 2.05) is 0 Å². The van der Waals surface area contributed by atoms with Crippen LogP contribution in [0.2, 0.25) is 0 Å². The maximum Gasteiger partial charge on any atom is 0.0813 e. The fraction of sp³-hybridized carbons (Fsp3) is 1.00. The number of aliphatic hydroxyl groups excluding tert-OH is 1. The van der Waals surface area contributed by atoms with Crippen LogP contribution in [0, 0.1) is 0 Å². The molecule has 0 aliphatic heterocycles. The summed E-state index contributed by atoms with van der Waals surface area (Å²) in [6.07, 6.45) is 8.74. The van der Waals surface area contributed by atoms with Gasteiger partial charge in [-0.25, -0.2) is 0 Å². The number of hydrogen-bond acceptors (Lipinski definition) is 4. The SMILES string of the molecule is CCCCOCCOCC(CCCC)OC(CO)CCCC. The lowest BCUT2D eigenvalue weighted by Crippen LogP contribution is -2.29. The summed E-state index contributed by atoms with van der Waals surface area (Å²) in [5.74, 6) is 0. The van der Waals surface area contributed by atoms with Crippen LogP contribution in [0.4, 0.5) is 0 Å². The fourth-order valence-corrected chi connectivity index (χ4v) is 2.21. The quantitative estimate of drug-likeness (QED) is 0.413. The van der Waals surface area contributed by atoms with E-state index in [1.165, 1.54) is 0 Å². The molecule has 4 heteroatoms. The predicted octanol–water partition coefficient (Wildman–Crippen LogP) is 3.95. The van der Waals surface area contributed by atoms with Crippen LogP contribution in [0.25, 0.3) is 0 Å². The Bertz CT molecular complexity index is 211. The minimum atomic E-state index is -0.0498. The highest BCUT2D eigenvalue weighted by molar-refractivity contribution is 4.63. The average molecular weight is 318 g/mol. The second-order valence-corrected chi connectivity index (χ2v) is 5.89. The van der Waals surface area contributed by atoms with Gasteiger partial charge in [-0.3, -0.25) is 0 Å². The summed E-state index contributed by atoms with van der Waals surface area (Å²) < 4.78 is 17.2. The Kier molecular flexibility index (Phi) is 17.1. The number of aliphatic hydroxyl groups is 1. The van der Waals surface area contributed by atoms with Crippen LogP contribution in [-0.2, 0) is 14.2 Å². The van der Waals surface area contributed by atoms with Gasteiger partial charge in [-0.1, -0.05) is 52.9 Å². The van der Waals surface area contributed by atoms with Crippen LogP contribution in [-0.4, -0.2) is 50.3 Å². The lowest BCUT2D eigenvalue weighted by Gasteiger charge is -2.24. The molecule has 0 aromatic heterocycles. The molecule has 1 N–H and O–H groups in total. The van der Waals surface area contributed by atoms with E-state index in [9.17, 15) is 5.11 Å². The van der Waals surface area contributed by atoms with E-state index in [1.54, 1.807) is 0 Å². The Morgan fingerprint density at radius 2 is 1.32 bits per heavy atom. The summed E-state index contributed by atoms with van der Waals surface area (Å²) in [5.41, 5.74) is 0. The van der Waals surface area contributed by atoms with Crippen molar-refractivity contribution in [3.8, 4) is 0 Å². The molecule has 0 heterocycles. The van der Waals surface area contributed by atoms with E-state index < -0.39 is 0 Å². The van der Waals surface area contributed by atoms with Gasteiger partial charge in [-0.2, -0.15) is 0 Å². The Morgan fingerprint density at radius 3 is 1.91 bits per heavy atom. The lowest BCUT2D eigenvalue weighted by molar-refractivity contribution is -0.0853. The van der Waals surface area contributed by atoms with Crippen molar-refractivity contribution in [2.75, 3.05) is 33.0 Å². The fourth-order valence-electron chi connectivity index (χ4n) is 2.21. The van der Waals surface area contributed by atoms with E-state index >= 15 is 0 Å². The summed E-state index contributed by atoms with van der Waals surface area (Å²) in [7, 11) is 0. The second kappa shape index (κ2) is 17.2. The van der Waals surface area contributed by atoms with Crippen molar-refractivity contribution in [1.29, 1.82) is 0 Å². The van der Waals surface area contributed by atoms with Crippen molar-refractivity contribution in [3.63, 3.8) is 0 Å². The highest BCUT2D eigenvalue weighted by Gasteiger charge is 2.16. The standard InChI is InChI=1S/C18H38O4/c1-4-7-10-17(15-19)22-18(11-8-5-2)16-21-14-13-20-12-9-6-3/h17-19H,4-16H2,1-3H3. The molecule has 0 aromatic carbocycles. The van der Waals surface area contributed by atoms with E-state index in [2.05, 4.69) is 20.8 Å². The Morgan fingerprint density at radius 1 is 0.727 bits per heavy atom. The average Bonchev–Trinajstić information content (AvgIpc) is 2.54. The third kappa shape index (κ3) is 13.5. The van der Waals surface area contributed by atoms with E-state index in [4.69, 9.17) is 14.2 Å². The highest BCUT2D eigenvalue weighted by Crippen LogP contribution is 2.12. The smallest absolute Gasteiger partial charge is 0.0813 e. The molecule has 2 unspecified atom stereocenters. The lowest BCUT2D eigenvalue weighted by atomic mass is 10.1. The summed E-state index contributed by atoms with van der Waals surface area (Å²) in [6, 6.07) is 0. The number of unbranched alkanes of at least 4 members (excludes halogenated alkanes) is 3. The minimum absolute atomic E-state index is 0.0498. The molecule has 0 radical (unpaired) electrons. The molecule has 4 nitrogen and oxygen atoms in total. The molecule has 0 saturated heterocycles. The van der Waals surface area contributed by atoms with Crippen molar-refractivity contribution in [1.82, 2.24) is 0 Å². The van der Waals surface area contributed by atoms with Gasteiger partial charge in [0.25, 0.3) is 0 Å². The van der Waals surface area contributed by atoms with Gasteiger partial charge in [0.1, 0.15) is 0 Å². The largest absolute Gasteiger partial charge is 0.394 e. The Hall–Kier alpha value is -0.160. The van der Waals surface area contributed by atoms with Crippen LogP contribution in [0.5, 0.6) is 0 Å². The first-order chi connectivity index (χ1) is 10.8. The van der Waals surface area contributed by atoms with Crippen LogP contribution < -0.4 is 0 Å². The molecule has 2 atom stereocenters. The first kappa shape index (κ1) is 21.8. The first-order valence-corrected chi connectivity index (χ1v) is 9.20. The van der Waals surface area contributed by atoms with Crippen LogP contribution in [0.3, 0.4) is 0 Å². The molecule has 134 valence electrons. The summed E-state index contributed by atoms with van der Waals surface area (Å²) >= 11 is 0. The third-order valence-corrected chi connectivity index (χ3v) is 3.67. The van der Waals surface area contributed by atoms with Crippen molar-refractivity contribution in [2.24, 2.45) is 0 Å². The molecule has 0 aliphatic rings. The molecule has 0 saturated carbocycles.